The van der Waals surface area contributed by atoms with Gasteiger partial charge in [0.2, 0.25) is 11.8 Å². The number of carboxylic acid groups (broad SMARTS) is 1. The van der Waals surface area contributed by atoms with E-state index in [1.54, 1.807) is 29.1 Å². The Balaban J connectivity index is 1.20. The average molecular weight is 508 g/mol. The minimum absolute atomic E-state index is 0.0477. The van der Waals surface area contributed by atoms with E-state index in [4.69, 9.17) is 4.42 Å². The summed E-state index contributed by atoms with van der Waals surface area (Å²) in [5.74, 6) is -1.000. The first-order valence-electron chi connectivity index (χ1n) is 11.2. The number of pyridine rings is 1. The van der Waals surface area contributed by atoms with Gasteiger partial charge in [0.25, 0.3) is 5.89 Å². The summed E-state index contributed by atoms with van der Waals surface area (Å²) in [6.45, 7) is 0.683. The van der Waals surface area contributed by atoms with Gasteiger partial charge in [0.1, 0.15) is 5.69 Å². The fourth-order valence-corrected chi connectivity index (χ4v) is 4.71. The lowest BCUT2D eigenvalue weighted by Gasteiger charge is -2.21. The molecule has 1 spiro atoms. The minimum atomic E-state index is -2.85. The Bertz CT molecular complexity index is 1520. The number of carbonyl (C=O) groups excluding carboxylic acids is 1. The third-order valence-electron chi connectivity index (χ3n) is 6.62. The number of amides is 2. The van der Waals surface area contributed by atoms with Crippen LogP contribution < -0.4 is 5.32 Å². The second-order valence-corrected chi connectivity index (χ2v) is 8.84. The van der Waals surface area contributed by atoms with Crippen LogP contribution in [0.5, 0.6) is 0 Å². The number of rotatable bonds is 5. The summed E-state index contributed by atoms with van der Waals surface area (Å²) < 4.78 is 31.8. The van der Waals surface area contributed by atoms with Crippen molar-refractivity contribution in [3.63, 3.8) is 0 Å². The number of aromatic nitrogens is 6. The zero-order valence-corrected chi connectivity index (χ0v) is 19.0. The summed E-state index contributed by atoms with van der Waals surface area (Å²) in [7, 11) is 0. The normalized spacial score (nSPS) is 18.6. The molecule has 5 heterocycles. The van der Waals surface area contributed by atoms with Crippen molar-refractivity contribution < 1.29 is 27.9 Å². The van der Waals surface area contributed by atoms with Crippen LogP contribution in [-0.2, 0) is 16.8 Å². The predicted molar refractivity (Wildman–Crippen MR) is 122 cm³/mol. The molecule has 4 aromatic rings. The molecule has 2 N–H and O–H groups in total. The Labute approximate surface area is 206 Å². The van der Waals surface area contributed by atoms with Gasteiger partial charge in [-0.15, -0.1) is 15.3 Å². The van der Waals surface area contributed by atoms with E-state index >= 15 is 0 Å². The Hall–Kier alpha value is -4.75. The third kappa shape index (κ3) is 3.86. The van der Waals surface area contributed by atoms with E-state index < -0.39 is 23.8 Å². The molecule has 188 valence electrons. The first-order chi connectivity index (χ1) is 17.8. The molecule has 6 rings (SSSR count). The molecule has 12 nitrogen and oxygen atoms in total. The average Bonchev–Trinajstić information content (AvgIpc) is 3.67. The molecule has 14 heteroatoms. The lowest BCUT2D eigenvalue weighted by Crippen LogP contribution is -2.38. The summed E-state index contributed by atoms with van der Waals surface area (Å²) >= 11 is 0. The number of halogens is 2. The number of alkyl halides is 2. The van der Waals surface area contributed by atoms with E-state index in [0.717, 1.165) is 11.1 Å². The first kappa shape index (κ1) is 22.7. The standard InChI is InChI=1S/C23H18F2N8O4/c24-18(25)20-30-29-19(37-20)13-1-3-14(26-8-13)9-33-10-17(28-31-33)12-2-4-16-15(7-12)23(21(34)27-16)5-6-32(11-23)22(35)36/h1-4,7-8,10,18H,5-6,9,11H2,(H,27,34)(H,35,36). The molecule has 0 radical (unpaired) electrons. The molecule has 1 saturated heterocycles. The number of carbonyl (C=O) groups is 2. The van der Waals surface area contributed by atoms with Crippen molar-refractivity contribution in [3.8, 4) is 22.7 Å². The molecule has 2 aliphatic heterocycles. The van der Waals surface area contributed by atoms with Gasteiger partial charge in [-0.2, -0.15) is 8.78 Å². The molecular formula is C23H18F2N8O4. The zero-order chi connectivity index (χ0) is 25.7. The van der Waals surface area contributed by atoms with Gasteiger partial charge in [-0.25, -0.2) is 9.48 Å². The topological polar surface area (TPSA) is 152 Å². The Morgan fingerprint density at radius 3 is 2.73 bits per heavy atom. The number of hydrogen-bond acceptors (Lipinski definition) is 8. The number of fused-ring (bicyclic) bond motifs is 2. The predicted octanol–water partition coefficient (Wildman–Crippen LogP) is 2.95. The number of hydrogen-bond donors (Lipinski definition) is 2. The van der Waals surface area contributed by atoms with Gasteiger partial charge >= 0.3 is 12.5 Å². The number of nitrogens with zero attached hydrogens (tertiary/aromatic N) is 7. The number of anilines is 1. The van der Waals surface area contributed by atoms with Crippen molar-refractivity contribution in [1.29, 1.82) is 0 Å². The molecule has 2 amide bonds. The van der Waals surface area contributed by atoms with E-state index in [9.17, 15) is 23.5 Å². The number of benzene rings is 1. The van der Waals surface area contributed by atoms with Crippen molar-refractivity contribution in [1.82, 2.24) is 35.1 Å². The molecule has 1 aromatic carbocycles. The maximum absolute atomic E-state index is 12.8. The molecule has 3 aromatic heterocycles. The van der Waals surface area contributed by atoms with E-state index in [1.165, 1.54) is 11.1 Å². The SMILES string of the molecule is O=C(O)N1CCC2(C1)C(=O)Nc1ccc(-c3cn(Cc4ccc(-c5nnc(C(F)F)o5)cn4)nn3)cc12. The molecule has 2 aliphatic rings. The summed E-state index contributed by atoms with van der Waals surface area (Å²) in [6.07, 6.45) is -0.307. The van der Waals surface area contributed by atoms with Crippen molar-refractivity contribution in [2.24, 2.45) is 0 Å². The van der Waals surface area contributed by atoms with Gasteiger partial charge in [-0.05, 0) is 36.2 Å². The van der Waals surface area contributed by atoms with Crippen molar-refractivity contribution in [2.75, 3.05) is 18.4 Å². The smallest absolute Gasteiger partial charge is 0.407 e. The highest BCUT2D eigenvalue weighted by Gasteiger charge is 2.52. The van der Waals surface area contributed by atoms with Crippen LogP contribution in [0.25, 0.3) is 22.7 Å². The van der Waals surface area contributed by atoms with Crippen LogP contribution >= 0.6 is 0 Å². The quantitative estimate of drug-likeness (QED) is 0.414. The Morgan fingerprint density at radius 2 is 2.03 bits per heavy atom. The fraction of sp³-hybridized carbons (Fsp3) is 0.261. The fourth-order valence-electron chi connectivity index (χ4n) is 4.71. The first-order valence-corrected chi connectivity index (χ1v) is 11.2. The van der Waals surface area contributed by atoms with Crippen LogP contribution in [0.4, 0.5) is 19.3 Å². The van der Waals surface area contributed by atoms with E-state index in [1.807, 2.05) is 12.1 Å². The maximum atomic E-state index is 12.8. The molecule has 1 unspecified atom stereocenters. The second-order valence-electron chi connectivity index (χ2n) is 8.84. The van der Waals surface area contributed by atoms with Crippen LogP contribution in [0.3, 0.4) is 0 Å². The summed E-state index contributed by atoms with van der Waals surface area (Å²) in [6, 6.07) is 8.79. The van der Waals surface area contributed by atoms with Crippen LogP contribution in [0.15, 0.2) is 47.1 Å². The third-order valence-corrected chi connectivity index (χ3v) is 6.62. The maximum Gasteiger partial charge on any atom is 0.407 e. The molecule has 0 aliphatic carbocycles. The molecule has 1 fully saturated rings. The van der Waals surface area contributed by atoms with Crippen molar-refractivity contribution >= 4 is 17.7 Å². The highest BCUT2D eigenvalue weighted by molar-refractivity contribution is 6.07. The van der Waals surface area contributed by atoms with Crippen LogP contribution in [0.1, 0.15) is 30.0 Å². The van der Waals surface area contributed by atoms with Crippen LogP contribution in [-0.4, -0.2) is 65.3 Å². The lowest BCUT2D eigenvalue weighted by atomic mass is 9.80. The summed E-state index contributed by atoms with van der Waals surface area (Å²) in [4.78, 5) is 29.8. The van der Waals surface area contributed by atoms with E-state index in [0.29, 0.717) is 35.6 Å². The van der Waals surface area contributed by atoms with E-state index in [2.05, 4.69) is 30.8 Å². The van der Waals surface area contributed by atoms with Gasteiger partial charge < -0.3 is 19.7 Å². The molecule has 0 bridgehead atoms. The lowest BCUT2D eigenvalue weighted by molar-refractivity contribution is -0.120. The summed E-state index contributed by atoms with van der Waals surface area (Å²) in [5.41, 5.74) is 2.86. The van der Waals surface area contributed by atoms with E-state index in [-0.39, 0.29) is 24.9 Å². The largest absolute Gasteiger partial charge is 0.465 e. The Kier molecular flexibility index (Phi) is 5.17. The van der Waals surface area contributed by atoms with Crippen LogP contribution in [0.2, 0.25) is 0 Å². The van der Waals surface area contributed by atoms with Gasteiger partial charge in [-0.1, -0.05) is 11.3 Å². The van der Waals surface area contributed by atoms with Crippen LogP contribution in [0, 0.1) is 0 Å². The second kappa shape index (κ2) is 8.43. The molecule has 1 atom stereocenters. The molecule has 37 heavy (non-hydrogen) atoms. The monoisotopic (exact) mass is 508 g/mol. The number of nitrogens with one attached hydrogen (secondary N) is 1. The highest BCUT2D eigenvalue weighted by atomic mass is 19.3. The van der Waals surface area contributed by atoms with Gasteiger partial charge in [0.05, 0.1) is 29.4 Å². The van der Waals surface area contributed by atoms with Gasteiger partial charge in [-0.3, -0.25) is 9.78 Å². The van der Waals surface area contributed by atoms with Crippen molar-refractivity contribution in [2.45, 2.75) is 24.8 Å². The van der Waals surface area contributed by atoms with Crippen molar-refractivity contribution in [3.05, 3.63) is 59.9 Å². The minimum Gasteiger partial charge on any atom is -0.465 e. The molecule has 0 saturated carbocycles. The molecular weight excluding hydrogens is 490 g/mol. The van der Waals surface area contributed by atoms with Gasteiger partial charge in [0, 0.05) is 30.5 Å². The summed E-state index contributed by atoms with van der Waals surface area (Å²) in [5, 5.41) is 27.6. The Morgan fingerprint density at radius 1 is 1.19 bits per heavy atom. The van der Waals surface area contributed by atoms with Gasteiger partial charge in [0.15, 0.2) is 0 Å². The highest BCUT2D eigenvalue weighted by Crippen LogP contribution is 2.45. The number of likely N-dealkylation sites (tertiary alicyclic amines) is 1. The zero-order valence-electron chi connectivity index (χ0n) is 19.0.